The third-order valence-corrected chi connectivity index (χ3v) is 1.78. The summed E-state index contributed by atoms with van der Waals surface area (Å²) in [4.78, 5) is 0. The third-order valence-electron chi connectivity index (χ3n) is 1.78. The Balaban J connectivity index is 3.46. The van der Waals surface area contributed by atoms with Crippen LogP contribution in [-0.4, -0.2) is 37.0 Å². The molecule has 0 aliphatic rings. The van der Waals surface area contributed by atoms with Gasteiger partial charge in [-0.15, -0.1) is 0 Å². The van der Waals surface area contributed by atoms with Gasteiger partial charge >= 0.3 is 0 Å². The van der Waals surface area contributed by atoms with Crippen LogP contribution < -0.4 is 5.73 Å². The van der Waals surface area contributed by atoms with Crippen LogP contribution in [0.1, 0.15) is 20.3 Å². The van der Waals surface area contributed by atoms with Gasteiger partial charge in [0.15, 0.2) is 5.84 Å². The van der Waals surface area contributed by atoms with Crippen molar-refractivity contribution in [3.8, 4) is 0 Å². The molecule has 0 saturated heterocycles. The van der Waals surface area contributed by atoms with Gasteiger partial charge in [-0.3, -0.25) is 0 Å². The van der Waals surface area contributed by atoms with Crippen LogP contribution in [0.3, 0.4) is 0 Å². The Morgan fingerprint density at radius 1 is 1.54 bits per heavy atom. The van der Waals surface area contributed by atoms with Gasteiger partial charge in [-0.2, -0.15) is 0 Å². The van der Waals surface area contributed by atoms with E-state index in [0.717, 1.165) is 6.42 Å². The summed E-state index contributed by atoms with van der Waals surface area (Å²) in [5.41, 5.74) is 5.01. The van der Waals surface area contributed by atoms with Crippen LogP contribution >= 0.6 is 0 Å². The molecule has 0 aromatic rings. The number of amidine groups is 1. The summed E-state index contributed by atoms with van der Waals surface area (Å²) >= 11 is 0. The molecule has 0 amide bonds. The average Bonchev–Trinajstić information content (AvgIpc) is 2.12. The lowest BCUT2D eigenvalue weighted by Crippen LogP contribution is -2.26. The molecule has 0 aliphatic heterocycles. The van der Waals surface area contributed by atoms with E-state index in [4.69, 9.17) is 20.4 Å². The van der Waals surface area contributed by atoms with Crippen molar-refractivity contribution in [2.24, 2.45) is 10.9 Å². The zero-order valence-electron chi connectivity index (χ0n) is 8.41. The maximum absolute atomic E-state index is 8.20. The van der Waals surface area contributed by atoms with Crippen molar-refractivity contribution in [3.05, 3.63) is 0 Å². The van der Waals surface area contributed by atoms with Crippen molar-refractivity contribution in [2.75, 3.05) is 20.3 Å². The lowest BCUT2D eigenvalue weighted by molar-refractivity contribution is -0.00571. The molecule has 5 nitrogen and oxygen atoms in total. The first-order valence-corrected chi connectivity index (χ1v) is 4.11. The molecule has 0 bridgehead atoms. The van der Waals surface area contributed by atoms with Gasteiger partial charge in [-0.25, -0.2) is 0 Å². The van der Waals surface area contributed by atoms with E-state index in [9.17, 15) is 0 Å². The number of hydrogen-bond acceptors (Lipinski definition) is 4. The maximum atomic E-state index is 8.20. The average molecular weight is 190 g/mol. The third kappa shape index (κ3) is 6.36. The molecule has 0 unspecified atom stereocenters. The maximum Gasteiger partial charge on any atom is 0.165 e. The van der Waals surface area contributed by atoms with Crippen LogP contribution in [0.2, 0.25) is 0 Å². The summed E-state index contributed by atoms with van der Waals surface area (Å²) in [5, 5.41) is 11.0. The fraction of sp³-hybridized carbons (Fsp3) is 0.875. The molecule has 0 saturated carbocycles. The first-order chi connectivity index (χ1) is 6.02. The normalized spacial score (nSPS) is 13.3. The van der Waals surface area contributed by atoms with E-state index < -0.39 is 0 Å². The second kappa shape index (κ2) is 5.77. The van der Waals surface area contributed by atoms with E-state index >= 15 is 0 Å². The van der Waals surface area contributed by atoms with Crippen LogP contribution in [0.5, 0.6) is 0 Å². The number of ether oxygens (including phenoxy) is 2. The SMILES string of the molecule is COC(C)(C)CCOCC(N)=NO. The lowest BCUT2D eigenvalue weighted by atomic mass is 10.1. The van der Waals surface area contributed by atoms with Crippen molar-refractivity contribution in [1.29, 1.82) is 0 Å². The summed E-state index contributed by atoms with van der Waals surface area (Å²) in [6.45, 7) is 4.62. The summed E-state index contributed by atoms with van der Waals surface area (Å²) in [6.07, 6.45) is 0.766. The lowest BCUT2D eigenvalue weighted by Gasteiger charge is -2.22. The van der Waals surface area contributed by atoms with Crippen LogP contribution in [0.4, 0.5) is 0 Å². The zero-order chi connectivity index (χ0) is 10.3. The van der Waals surface area contributed by atoms with Crippen LogP contribution in [0.15, 0.2) is 5.16 Å². The largest absolute Gasteiger partial charge is 0.409 e. The highest BCUT2D eigenvalue weighted by atomic mass is 16.5. The van der Waals surface area contributed by atoms with Gasteiger partial charge in [0, 0.05) is 13.7 Å². The highest BCUT2D eigenvalue weighted by Crippen LogP contribution is 2.12. The number of nitrogens with zero attached hydrogens (tertiary/aromatic N) is 1. The number of oxime groups is 1. The highest BCUT2D eigenvalue weighted by molar-refractivity contribution is 5.80. The first kappa shape index (κ1) is 12.2. The van der Waals surface area contributed by atoms with Gasteiger partial charge in [0.2, 0.25) is 0 Å². The Labute approximate surface area is 78.5 Å². The van der Waals surface area contributed by atoms with Gasteiger partial charge in [-0.05, 0) is 20.3 Å². The van der Waals surface area contributed by atoms with Crippen LogP contribution in [0.25, 0.3) is 0 Å². The minimum absolute atomic E-state index is 0.0789. The molecule has 0 aliphatic carbocycles. The first-order valence-electron chi connectivity index (χ1n) is 4.11. The highest BCUT2D eigenvalue weighted by Gasteiger charge is 2.15. The van der Waals surface area contributed by atoms with E-state index in [1.54, 1.807) is 7.11 Å². The Kier molecular flexibility index (Phi) is 5.41. The quantitative estimate of drug-likeness (QED) is 0.211. The summed E-state index contributed by atoms with van der Waals surface area (Å²) in [7, 11) is 1.66. The molecule has 0 heterocycles. The van der Waals surface area contributed by atoms with Gasteiger partial charge in [-0.1, -0.05) is 5.16 Å². The Bertz CT molecular complexity index is 169. The number of rotatable bonds is 6. The fourth-order valence-corrected chi connectivity index (χ4v) is 0.626. The van der Waals surface area contributed by atoms with Crippen molar-refractivity contribution >= 4 is 5.84 Å². The number of methoxy groups -OCH3 is 1. The van der Waals surface area contributed by atoms with Gasteiger partial charge in [0.05, 0.1) is 5.60 Å². The smallest absolute Gasteiger partial charge is 0.165 e. The Morgan fingerprint density at radius 3 is 2.62 bits per heavy atom. The predicted molar refractivity (Wildman–Crippen MR) is 49.9 cm³/mol. The summed E-state index contributed by atoms with van der Waals surface area (Å²) < 4.78 is 10.3. The van der Waals surface area contributed by atoms with E-state index in [2.05, 4.69) is 5.16 Å². The molecule has 3 N–H and O–H groups in total. The predicted octanol–water partition coefficient (Wildman–Crippen LogP) is 0.565. The summed E-state index contributed by atoms with van der Waals surface area (Å²) in [5.74, 6) is 0.0789. The molecule has 78 valence electrons. The van der Waals surface area contributed by atoms with E-state index in [0.29, 0.717) is 6.61 Å². The number of nitrogens with two attached hydrogens (primary N) is 1. The van der Waals surface area contributed by atoms with E-state index in [1.807, 2.05) is 13.8 Å². The molecule has 0 atom stereocenters. The Hall–Kier alpha value is -0.810. The van der Waals surface area contributed by atoms with Crippen LogP contribution in [-0.2, 0) is 9.47 Å². The topological polar surface area (TPSA) is 77.1 Å². The second-order valence-corrected chi connectivity index (χ2v) is 3.36. The molecular formula is C8H18N2O3. The number of hydrogen-bond donors (Lipinski definition) is 2. The molecule has 0 aromatic heterocycles. The molecule has 0 aromatic carbocycles. The second-order valence-electron chi connectivity index (χ2n) is 3.36. The molecule has 0 spiro atoms. The Morgan fingerprint density at radius 2 is 2.15 bits per heavy atom. The molecular weight excluding hydrogens is 172 g/mol. The minimum Gasteiger partial charge on any atom is -0.409 e. The van der Waals surface area contributed by atoms with Gasteiger partial charge in [0.25, 0.3) is 0 Å². The van der Waals surface area contributed by atoms with E-state index in [1.165, 1.54) is 0 Å². The van der Waals surface area contributed by atoms with Crippen molar-refractivity contribution in [1.82, 2.24) is 0 Å². The molecule has 0 rings (SSSR count). The van der Waals surface area contributed by atoms with Crippen molar-refractivity contribution in [2.45, 2.75) is 25.9 Å². The van der Waals surface area contributed by atoms with E-state index in [-0.39, 0.29) is 18.0 Å². The molecule has 0 fully saturated rings. The van der Waals surface area contributed by atoms with Gasteiger partial charge < -0.3 is 20.4 Å². The molecule has 0 radical (unpaired) electrons. The van der Waals surface area contributed by atoms with Crippen molar-refractivity contribution in [3.63, 3.8) is 0 Å². The monoisotopic (exact) mass is 190 g/mol. The standard InChI is InChI=1S/C8H18N2O3/c1-8(2,12-3)4-5-13-6-7(9)10-11/h11H,4-6H2,1-3H3,(H2,9,10). The zero-order valence-corrected chi connectivity index (χ0v) is 8.41. The molecule has 5 heteroatoms. The fourth-order valence-electron chi connectivity index (χ4n) is 0.626. The minimum atomic E-state index is -0.189. The van der Waals surface area contributed by atoms with Crippen molar-refractivity contribution < 1.29 is 14.7 Å². The summed E-state index contributed by atoms with van der Waals surface area (Å²) in [6, 6.07) is 0. The molecule has 13 heavy (non-hydrogen) atoms. The van der Waals surface area contributed by atoms with Crippen LogP contribution in [0, 0.1) is 0 Å². The van der Waals surface area contributed by atoms with Gasteiger partial charge in [0.1, 0.15) is 6.61 Å².